The molecule has 0 unspecified atom stereocenters. The lowest BCUT2D eigenvalue weighted by Crippen LogP contribution is -2.31. The molecule has 24 heavy (non-hydrogen) atoms. The van der Waals surface area contributed by atoms with Gasteiger partial charge in [-0.1, -0.05) is 23.8 Å². The van der Waals surface area contributed by atoms with Crippen molar-refractivity contribution in [1.29, 1.82) is 0 Å². The van der Waals surface area contributed by atoms with E-state index >= 15 is 0 Å². The number of benzene rings is 1. The summed E-state index contributed by atoms with van der Waals surface area (Å²) in [5.41, 5.74) is 0.986. The maximum atomic E-state index is 12.5. The Morgan fingerprint density at radius 3 is 2.29 bits per heavy atom. The van der Waals surface area contributed by atoms with E-state index in [1.165, 1.54) is 38.4 Å². The van der Waals surface area contributed by atoms with E-state index < -0.39 is 20.0 Å². The van der Waals surface area contributed by atoms with Gasteiger partial charge in [0, 0.05) is 27.2 Å². The standard InChI is InChI=1S/C14H21N3O4S2.ClH/c1-17(2)23(20,21)14-6-4-3-5-13(14)22(18,19)16-11-12-7-9-15-10-8-12;/h3-7,15-16H,8-11H2,1-2H3;1H. The van der Waals surface area contributed by atoms with E-state index in [0.717, 1.165) is 22.8 Å². The molecule has 1 aliphatic heterocycles. The molecule has 1 aromatic carbocycles. The van der Waals surface area contributed by atoms with Gasteiger partial charge in [0.15, 0.2) is 0 Å². The zero-order valence-electron chi connectivity index (χ0n) is 13.5. The predicted octanol–water partition coefficient (Wildman–Crippen LogP) is 0.557. The highest BCUT2D eigenvalue weighted by molar-refractivity contribution is 7.92. The lowest BCUT2D eigenvalue weighted by molar-refractivity contribution is 0.516. The van der Waals surface area contributed by atoms with Crippen molar-refractivity contribution < 1.29 is 16.8 Å². The summed E-state index contributed by atoms with van der Waals surface area (Å²) < 4.78 is 53.2. The minimum atomic E-state index is -3.92. The number of rotatable bonds is 6. The van der Waals surface area contributed by atoms with E-state index in [2.05, 4.69) is 10.0 Å². The lowest BCUT2D eigenvalue weighted by Gasteiger charge is -2.17. The molecule has 1 aromatic rings. The summed E-state index contributed by atoms with van der Waals surface area (Å²) >= 11 is 0. The van der Waals surface area contributed by atoms with E-state index in [1.54, 1.807) is 0 Å². The monoisotopic (exact) mass is 395 g/mol. The van der Waals surface area contributed by atoms with Gasteiger partial charge in [-0.15, -0.1) is 12.4 Å². The highest BCUT2D eigenvalue weighted by Crippen LogP contribution is 2.22. The van der Waals surface area contributed by atoms with E-state index in [0.29, 0.717) is 6.54 Å². The second-order valence-corrected chi connectivity index (χ2v) is 9.23. The molecule has 0 spiro atoms. The molecule has 10 heteroatoms. The van der Waals surface area contributed by atoms with Gasteiger partial charge in [-0.3, -0.25) is 0 Å². The average molecular weight is 396 g/mol. The van der Waals surface area contributed by atoms with Crippen LogP contribution in [0.15, 0.2) is 45.7 Å². The Hall–Kier alpha value is -0.970. The molecule has 7 nitrogen and oxygen atoms in total. The second kappa shape index (κ2) is 8.41. The minimum Gasteiger partial charge on any atom is -0.313 e. The molecule has 0 saturated carbocycles. The molecule has 0 saturated heterocycles. The van der Waals surface area contributed by atoms with Crippen molar-refractivity contribution in [3.8, 4) is 0 Å². The molecule has 0 aliphatic carbocycles. The van der Waals surface area contributed by atoms with Gasteiger partial charge >= 0.3 is 0 Å². The van der Waals surface area contributed by atoms with Gasteiger partial charge in [-0.2, -0.15) is 0 Å². The summed E-state index contributed by atoms with van der Waals surface area (Å²) in [5, 5.41) is 3.15. The second-order valence-electron chi connectivity index (χ2n) is 5.38. The van der Waals surface area contributed by atoms with Crippen LogP contribution in [0.4, 0.5) is 0 Å². The molecule has 0 radical (unpaired) electrons. The Morgan fingerprint density at radius 2 is 1.75 bits per heavy atom. The topological polar surface area (TPSA) is 95.6 Å². The Balaban J connectivity index is 0.00000288. The molecular formula is C14H22ClN3O4S2. The smallest absolute Gasteiger partial charge is 0.243 e. The van der Waals surface area contributed by atoms with Gasteiger partial charge in [0.25, 0.3) is 0 Å². The first-order valence-electron chi connectivity index (χ1n) is 7.15. The van der Waals surface area contributed by atoms with Crippen molar-refractivity contribution in [2.45, 2.75) is 16.2 Å². The molecule has 136 valence electrons. The first-order valence-corrected chi connectivity index (χ1v) is 10.1. The van der Waals surface area contributed by atoms with Crippen LogP contribution in [0.5, 0.6) is 0 Å². The fourth-order valence-corrected chi connectivity index (χ4v) is 4.91. The van der Waals surface area contributed by atoms with Crippen LogP contribution in [0.25, 0.3) is 0 Å². The third-order valence-corrected chi connectivity index (χ3v) is 7.01. The maximum Gasteiger partial charge on any atom is 0.243 e. The molecule has 0 bridgehead atoms. The first-order chi connectivity index (χ1) is 10.7. The molecule has 1 heterocycles. The highest BCUT2D eigenvalue weighted by Gasteiger charge is 2.27. The van der Waals surface area contributed by atoms with Gasteiger partial charge in [-0.25, -0.2) is 25.9 Å². The third-order valence-electron chi connectivity index (χ3n) is 3.54. The zero-order valence-corrected chi connectivity index (χ0v) is 16.0. The van der Waals surface area contributed by atoms with E-state index in [1.807, 2.05) is 6.08 Å². The predicted molar refractivity (Wildman–Crippen MR) is 95.3 cm³/mol. The van der Waals surface area contributed by atoms with Crippen molar-refractivity contribution in [2.75, 3.05) is 33.7 Å². The van der Waals surface area contributed by atoms with Crippen molar-refractivity contribution >= 4 is 32.5 Å². The quantitative estimate of drug-likeness (QED) is 0.686. The van der Waals surface area contributed by atoms with E-state index in [4.69, 9.17) is 0 Å². The molecule has 0 amide bonds. The van der Waals surface area contributed by atoms with Crippen molar-refractivity contribution in [3.05, 3.63) is 35.9 Å². The van der Waals surface area contributed by atoms with Crippen LogP contribution in [0.2, 0.25) is 0 Å². The largest absolute Gasteiger partial charge is 0.313 e. The van der Waals surface area contributed by atoms with Crippen LogP contribution in [-0.2, 0) is 20.0 Å². The Morgan fingerprint density at radius 1 is 1.12 bits per heavy atom. The van der Waals surface area contributed by atoms with Gasteiger partial charge in [-0.05, 0) is 25.1 Å². The Bertz CT molecular complexity index is 805. The lowest BCUT2D eigenvalue weighted by atomic mass is 10.1. The summed E-state index contributed by atoms with van der Waals surface area (Å²) in [6.07, 6.45) is 2.70. The molecule has 2 N–H and O–H groups in total. The average Bonchev–Trinajstić information content (AvgIpc) is 2.54. The first kappa shape index (κ1) is 21.1. The normalized spacial score (nSPS) is 15.7. The minimum absolute atomic E-state index is 0. The SMILES string of the molecule is CN(C)S(=O)(=O)c1ccccc1S(=O)(=O)NCC1=CCNCC1.Cl. The number of hydrogen-bond donors (Lipinski definition) is 2. The Kier molecular flexibility index (Phi) is 7.39. The molecule has 1 aliphatic rings. The molecular weight excluding hydrogens is 374 g/mol. The molecule has 2 rings (SSSR count). The van der Waals surface area contributed by atoms with Crippen LogP contribution in [0.3, 0.4) is 0 Å². The number of sulfonamides is 2. The summed E-state index contributed by atoms with van der Waals surface area (Å²) in [5.74, 6) is 0. The van der Waals surface area contributed by atoms with E-state index in [-0.39, 0.29) is 28.7 Å². The summed E-state index contributed by atoms with van der Waals surface area (Å²) in [4.78, 5) is -0.458. The molecule has 0 aromatic heterocycles. The van der Waals surface area contributed by atoms with Crippen LogP contribution in [-0.4, -0.2) is 54.9 Å². The highest BCUT2D eigenvalue weighted by atomic mass is 35.5. The number of hydrogen-bond acceptors (Lipinski definition) is 5. The van der Waals surface area contributed by atoms with Crippen molar-refractivity contribution in [1.82, 2.24) is 14.3 Å². The van der Waals surface area contributed by atoms with Crippen molar-refractivity contribution in [3.63, 3.8) is 0 Å². The summed E-state index contributed by atoms with van der Waals surface area (Å²) in [6.45, 7) is 1.70. The summed E-state index contributed by atoms with van der Waals surface area (Å²) in [7, 11) is -5.03. The molecule has 0 atom stereocenters. The number of nitrogens with one attached hydrogen (secondary N) is 2. The fourth-order valence-electron chi connectivity index (χ4n) is 2.18. The molecule has 0 fully saturated rings. The van der Waals surface area contributed by atoms with Crippen LogP contribution < -0.4 is 10.0 Å². The van der Waals surface area contributed by atoms with Gasteiger partial charge < -0.3 is 5.32 Å². The number of nitrogens with zero attached hydrogens (tertiary/aromatic N) is 1. The van der Waals surface area contributed by atoms with Crippen molar-refractivity contribution in [2.24, 2.45) is 0 Å². The van der Waals surface area contributed by atoms with Gasteiger partial charge in [0.2, 0.25) is 20.0 Å². The van der Waals surface area contributed by atoms with Crippen LogP contribution >= 0.6 is 12.4 Å². The zero-order chi connectivity index (χ0) is 17.1. The van der Waals surface area contributed by atoms with Gasteiger partial charge in [0.05, 0.1) is 0 Å². The van der Waals surface area contributed by atoms with Crippen LogP contribution in [0.1, 0.15) is 6.42 Å². The Labute approximate surface area is 149 Å². The fraction of sp³-hybridized carbons (Fsp3) is 0.429. The van der Waals surface area contributed by atoms with Gasteiger partial charge in [0.1, 0.15) is 9.79 Å². The van der Waals surface area contributed by atoms with Crippen LogP contribution in [0, 0.1) is 0 Å². The number of halogens is 1. The maximum absolute atomic E-state index is 12.5. The summed E-state index contributed by atoms with van der Waals surface area (Å²) in [6, 6.07) is 5.61. The van der Waals surface area contributed by atoms with E-state index in [9.17, 15) is 16.8 Å². The third kappa shape index (κ3) is 4.78.